The van der Waals surface area contributed by atoms with E-state index in [1.807, 2.05) is 31.3 Å². The van der Waals surface area contributed by atoms with Gasteiger partial charge in [-0.25, -0.2) is 8.78 Å². The lowest BCUT2D eigenvalue weighted by molar-refractivity contribution is -0.0490. The molecule has 4 nitrogen and oxygen atoms in total. The highest BCUT2D eigenvalue weighted by molar-refractivity contribution is 5.84. The van der Waals surface area contributed by atoms with Gasteiger partial charge < -0.3 is 20.1 Å². The third kappa shape index (κ3) is 3.92. The summed E-state index contributed by atoms with van der Waals surface area (Å²) in [5.41, 5.74) is 2.02. The molecule has 0 saturated heterocycles. The molecule has 1 atom stereocenters. The second-order valence-corrected chi connectivity index (χ2v) is 5.23. The first-order valence-electron chi connectivity index (χ1n) is 6.81. The third-order valence-electron chi connectivity index (χ3n) is 3.44. The van der Waals surface area contributed by atoms with Crippen molar-refractivity contribution in [2.45, 2.75) is 25.3 Å². The number of nitrogens with one attached hydrogen (secondary N) is 2. The van der Waals surface area contributed by atoms with Gasteiger partial charge in [0, 0.05) is 23.1 Å². The number of aromatic amines is 1. The Kier molecular flexibility index (Phi) is 4.80. The number of hydrogen-bond donors (Lipinski definition) is 3. The number of rotatable bonds is 7. The lowest BCUT2D eigenvalue weighted by Crippen LogP contribution is -2.40. The second-order valence-electron chi connectivity index (χ2n) is 5.23. The van der Waals surface area contributed by atoms with Crippen LogP contribution in [0.4, 0.5) is 8.78 Å². The number of ether oxygens (including phenoxy) is 1. The molecule has 0 spiro atoms. The van der Waals surface area contributed by atoms with Crippen LogP contribution in [0.1, 0.15) is 12.5 Å². The SMILES string of the molecule is COc1ccc2[nH]cc(C[C@@H](C)NCC(F)(F)CO)c2c1. The van der Waals surface area contributed by atoms with E-state index in [9.17, 15) is 8.78 Å². The minimum atomic E-state index is -3.09. The molecule has 1 aromatic carbocycles. The number of aliphatic hydroxyl groups excluding tert-OH is 1. The fourth-order valence-corrected chi connectivity index (χ4v) is 2.23. The van der Waals surface area contributed by atoms with Gasteiger partial charge in [-0.3, -0.25) is 0 Å². The van der Waals surface area contributed by atoms with Crippen LogP contribution in [0.15, 0.2) is 24.4 Å². The molecule has 21 heavy (non-hydrogen) atoms. The number of H-pyrrole nitrogens is 1. The summed E-state index contributed by atoms with van der Waals surface area (Å²) in [7, 11) is 1.61. The maximum Gasteiger partial charge on any atom is 0.282 e. The molecule has 0 aliphatic carbocycles. The van der Waals surface area contributed by atoms with Crippen molar-refractivity contribution < 1.29 is 18.6 Å². The molecule has 0 aliphatic heterocycles. The van der Waals surface area contributed by atoms with Crippen molar-refractivity contribution in [2.75, 3.05) is 20.3 Å². The summed E-state index contributed by atoms with van der Waals surface area (Å²) in [6.45, 7) is 0.166. The molecule has 0 bridgehead atoms. The molecule has 2 aromatic rings. The number of alkyl halides is 2. The second kappa shape index (κ2) is 6.41. The smallest absolute Gasteiger partial charge is 0.282 e. The van der Waals surface area contributed by atoms with Crippen molar-refractivity contribution in [2.24, 2.45) is 0 Å². The Labute approximate surface area is 122 Å². The number of aliphatic hydroxyl groups is 1. The molecule has 0 amide bonds. The molecule has 0 fully saturated rings. The van der Waals surface area contributed by atoms with Crippen molar-refractivity contribution >= 4 is 10.9 Å². The van der Waals surface area contributed by atoms with Gasteiger partial charge in [0.05, 0.1) is 13.7 Å². The van der Waals surface area contributed by atoms with Crippen molar-refractivity contribution in [3.8, 4) is 5.75 Å². The number of aromatic nitrogens is 1. The largest absolute Gasteiger partial charge is 0.497 e. The molecule has 3 N–H and O–H groups in total. The summed E-state index contributed by atoms with van der Waals surface area (Å²) >= 11 is 0. The number of methoxy groups -OCH3 is 1. The Morgan fingerprint density at radius 1 is 1.43 bits per heavy atom. The first kappa shape index (κ1) is 15.7. The molecule has 6 heteroatoms. The van der Waals surface area contributed by atoms with Crippen molar-refractivity contribution in [1.29, 1.82) is 0 Å². The summed E-state index contributed by atoms with van der Waals surface area (Å²) in [4.78, 5) is 3.16. The lowest BCUT2D eigenvalue weighted by atomic mass is 10.1. The van der Waals surface area contributed by atoms with Gasteiger partial charge >= 0.3 is 0 Å². The summed E-state index contributed by atoms with van der Waals surface area (Å²) in [5, 5.41) is 12.3. The fourth-order valence-electron chi connectivity index (χ4n) is 2.23. The van der Waals surface area contributed by atoms with Crippen molar-refractivity contribution in [3.63, 3.8) is 0 Å². The van der Waals surface area contributed by atoms with E-state index in [-0.39, 0.29) is 6.04 Å². The van der Waals surface area contributed by atoms with E-state index in [0.717, 1.165) is 22.2 Å². The summed E-state index contributed by atoms with van der Waals surface area (Å²) in [5.74, 6) is -2.33. The summed E-state index contributed by atoms with van der Waals surface area (Å²) in [6.07, 6.45) is 2.49. The highest BCUT2D eigenvalue weighted by Gasteiger charge is 2.27. The standard InChI is InChI=1S/C15H20F2N2O2/c1-10(19-8-15(16,17)9-20)5-11-7-18-14-4-3-12(21-2)6-13(11)14/h3-4,6-7,10,18-20H,5,8-9H2,1-2H3/t10-/m1/s1. The van der Waals surface area contributed by atoms with Gasteiger partial charge in [0.1, 0.15) is 12.4 Å². The molecule has 0 unspecified atom stereocenters. The van der Waals surface area contributed by atoms with Gasteiger partial charge in [0.2, 0.25) is 0 Å². The van der Waals surface area contributed by atoms with Gasteiger partial charge in [0.15, 0.2) is 0 Å². The van der Waals surface area contributed by atoms with Crippen LogP contribution >= 0.6 is 0 Å². The quantitative estimate of drug-likeness (QED) is 0.735. The zero-order chi connectivity index (χ0) is 15.5. The number of hydrogen-bond acceptors (Lipinski definition) is 3. The highest BCUT2D eigenvalue weighted by Crippen LogP contribution is 2.24. The van der Waals surface area contributed by atoms with E-state index >= 15 is 0 Å². The van der Waals surface area contributed by atoms with Gasteiger partial charge in [-0.2, -0.15) is 0 Å². The Morgan fingerprint density at radius 3 is 2.86 bits per heavy atom. The first-order chi connectivity index (χ1) is 9.95. The Hall–Kier alpha value is -1.66. The number of halogens is 2. The molecule has 1 aromatic heterocycles. The van der Waals surface area contributed by atoms with Crippen LogP contribution in [0, 0.1) is 0 Å². The van der Waals surface area contributed by atoms with Gasteiger partial charge in [-0.1, -0.05) is 0 Å². The van der Waals surface area contributed by atoms with Gasteiger partial charge in [-0.05, 0) is 37.1 Å². The first-order valence-corrected chi connectivity index (χ1v) is 6.81. The Morgan fingerprint density at radius 2 is 2.19 bits per heavy atom. The zero-order valence-corrected chi connectivity index (χ0v) is 12.1. The van der Waals surface area contributed by atoms with E-state index in [2.05, 4.69) is 10.3 Å². The molecular formula is C15H20F2N2O2. The van der Waals surface area contributed by atoms with E-state index in [1.165, 1.54) is 0 Å². The molecule has 116 valence electrons. The molecule has 0 saturated carbocycles. The van der Waals surface area contributed by atoms with E-state index in [0.29, 0.717) is 6.42 Å². The summed E-state index contributed by atoms with van der Waals surface area (Å²) in [6, 6.07) is 5.59. The minimum absolute atomic E-state index is 0.132. The third-order valence-corrected chi connectivity index (χ3v) is 3.44. The topological polar surface area (TPSA) is 57.3 Å². The van der Waals surface area contributed by atoms with Crippen LogP contribution in [0.5, 0.6) is 5.75 Å². The lowest BCUT2D eigenvalue weighted by Gasteiger charge is -2.18. The Balaban J connectivity index is 2.05. The van der Waals surface area contributed by atoms with E-state index in [1.54, 1.807) is 7.11 Å². The monoisotopic (exact) mass is 298 g/mol. The van der Waals surface area contributed by atoms with Gasteiger partial charge in [-0.15, -0.1) is 0 Å². The van der Waals surface area contributed by atoms with Crippen molar-refractivity contribution in [3.05, 3.63) is 30.0 Å². The van der Waals surface area contributed by atoms with E-state index in [4.69, 9.17) is 9.84 Å². The molecule has 2 rings (SSSR count). The Bertz CT molecular complexity index is 598. The van der Waals surface area contributed by atoms with Crippen LogP contribution in [-0.2, 0) is 6.42 Å². The molecule has 0 radical (unpaired) electrons. The number of benzene rings is 1. The average Bonchev–Trinajstić information content (AvgIpc) is 2.87. The molecule has 0 aliphatic rings. The highest BCUT2D eigenvalue weighted by atomic mass is 19.3. The van der Waals surface area contributed by atoms with Crippen LogP contribution in [0.3, 0.4) is 0 Å². The van der Waals surface area contributed by atoms with Crippen LogP contribution < -0.4 is 10.1 Å². The predicted octanol–water partition coefficient (Wildman–Crippen LogP) is 2.32. The maximum atomic E-state index is 13.0. The zero-order valence-electron chi connectivity index (χ0n) is 12.1. The number of fused-ring (bicyclic) bond motifs is 1. The van der Waals surface area contributed by atoms with Crippen LogP contribution in [-0.4, -0.2) is 42.3 Å². The van der Waals surface area contributed by atoms with Crippen LogP contribution in [0.25, 0.3) is 10.9 Å². The van der Waals surface area contributed by atoms with Crippen molar-refractivity contribution in [1.82, 2.24) is 10.3 Å². The molecule has 1 heterocycles. The minimum Gasteiger partial charge on any atom is -0.497 e. The maximum absolute atomic E-state index is 13.0. The molecular weight excluding hydrogens is 278 g/mol. The average molecular weight is 298 g/mol. The van der Waals surface area contributed by atoms with E-state index < -0.39 is 19.1 Å². The fraction of sp³-hybridized carbons (Fsp3) is 0.467. The van der Waals surface area contributed by atoms with Crippen LogP contribution in [0.2, 0.25) is 0 Å². The predicted molar refractivity (Wildman–Crippen MR) is 78.1 cm³/mol. The summed E-state index contributed by atoms with van der Waals surface area (Å²) < 4.78 is 31.2. The van der Waals surface area contributed by atoms with Gasteiger partial charge in [0.25, 0.3) is 5.92 Å². The normalized spacial score (nSPS) is 13.6.